The van der Waals surface area contributed by atoms with E-state index in [0.717, 1.165) is 22.6 Å². The van der Waals surface area contributed by atoms with Gasteiger partial charge in [0, 0.05) is 16.9 Å². The number of fused-ring (bicyclic) bond motifs is 2. The third-order valence-corrected chi connectivity index (χ3v) is 12.3. The van der Waals surface area contributed by atoms with Gasteiger partial charge >= 0.3 is 0 Å². The van der Waals surface area contributed by atoms with Crippen molar-refractivity contribution in [3.63, 3.8) is 0 Å². The monoisotopic (exact) mass is 801 g/mol. The molecule has 11 rings (SSSR count). The van der Waals surface area contributed by atoms with Crippen LogP contribution in [0.5, 0.6) is 0 Å². The number of hydrogen-bond donors (Lipinski definition) is 0. The van der Waals surface area contributed by atoms with Crippen LogP contribution in [0.3, 0.4) is 0 Å². The zero-order chi connectivity index (χ0) is 42.0. The van der Waals surface area contributed by atoms with E-state index in [-0.39, 0.29) is 0 Å². The summed E-state index contributed by atoms with van der Waals surface area (Å²) < 4.78 is 0. The molecular weight excluding hydrogens is 759 g/mol. The van der Waals surface area contributed by atoms with E-state index >= 15 is 0 Å². The van der Waals surface area contributed by atoms with Gasteiger partial charge in [-0.05, 0) is 125 Å². The van der Waals surface area contributed by atoms with Crippen LogP contribution in [0.15, 0.2) is 261 Å². The highest BCUT2D eigenvalue weighted by Gasteiger charge is 2.21. The molecule has 0 spiro atoms. The molecule has 1 nitrogen and oxygen atoms in total. The Hall–Kier alpha value is -8.26. The molecule has 63 heavy (non-hydrogen) atoms. The molecule has 11 aromatic carbocycles. The third-order valence-electron chi connectivity index (χ3n) is 12.3. The van der Waals surface area contributed by atoms with Crippen LogP contribution < -0.4 is 4.90 Å². The Labute approximate surface area is 369 Å². The second-order valence-electron chi connectivity index (χ2n) is 16.1. The first kappa shape index (κ1) is 37.7. The van der Waals surface area contributed by atoms with Crippen molar-refractivity contribution >= 4 is 38.6 Å². The van der Waals surface area contributed by atoms with E-state index in [9.17, 15) is 0 Å². The number of nitrogens with zero attached hydrogens (tertiary/aromatic N) is 1. The van der Waals surface area contributed by atoms with E-state index in [1.807, 2.05) is 0 Å². The summed E-state index contributed by atoms with van der Waals surface area (Å²) >= 11 is 0. The molecule has 0 saturated heterocycles. The van der Waals surface area contributed by atoms with Gasteiger partial charge in [0.05, 0.1) is 5.69 Å². The maximum atomic E-state index is 2.43. The Balaban J connectivity index is 1.10. The summed E-state index contributed by atoms with van der Waals surface area (Å²) in [6, 6.07) is 94.8. The first-order chi connectivity index (χ1) is 31.2. The van der Waals surface area contributed by atoms with Crippen LogP contribution in [-0.2, 0) is 0 Å². The second kappa shape index (κ2) is 16.7. The van der Waals surface area contributed by atoms with E-state index in [1.54, 1.807) is 0 Å². The van der Waals surface area contributed by atoms with Gasteiger partial charge in [-0.1, -0.05) is 218 Å². The van der Waals surface area contributed by atoms with Crippen molar-refractivity contribution in [3.05, 3.63) is 261 Å². The quantitative estimate of drug-likeness (QED) is 0.141. The molecule has 11 aromatic rings. The van der Waals surface area contributed by atoms with E-state index in [0.29, 0.717) is 0 Å². The Kier molecular flexibility index (Phi) is 9.97. The molecule has 0 amide bonds. The second-order valence-corrected chi connectivity index (χ2v) is 16.1. The maximum absolute atomic E-state index is 2.43. The minimum Gasteiger partial charge on any atom is -0.310 e. The molecular formula is C62H43N. The predicted octanol–water partition coefficient (Wildman–Crippen LogP) is 17.5. The molecule has 0 radical (unpaired) electrons. The van der Waals surface area contributed by atoms with Crippen LogP contribution in [-0.4, -0.2) is 0 Å². The Morgan fingerprint density at radius 3 is 1.51 bits per heavy atom. The average Bonchev–Trinajstić information content (AvgIpc) is 3.37. The lowest BCUT2D eigenvalue weighted by Crippen LogP contribution is -2.11. The average molecular weight is 802 g/mol. The van der Waals surface area contributed by atoms with Crippen molar-refractivity contribution in [1.82, 2.24) is 0 Å². The van der Waals surface area contributed by atoms with Gasteiger partial charge in [0.1, 0.15) is 0 Å². The standard InChI is InChI=1S/C62H43N/c1-3-17-44(18-4-1)52-37-40-57(46-20-5-2-6-21-46)61(43-52)59-29-12-11-28-58(59)60-30-13-14-32-62(60)63(53-38-35-48(36-39-53)56-31-16-24-47-22-9-10-27-55(47)56)54-26-15-25-50(42-54)51-34-33-45-19-7-8-23-49(45)41-51/h1-43H. The van der Waals surface area contributed by atoms with Crippen molar-refractivity contribution in [3.8, 4) is 66.8 Å². The van der Waals surface area contributed by atoms with E-state index in [4.69, 9.17) is 0 Å². The Morgan fingerprint density at radius 1 is 0.206 bits per heavy atom. The highest BCUT2D eigenvalue weighted by Crippen LogP contribution is 2.47. The fraction of sp³-hybridized carbons (Fsp3) is 0. The molecule has 0 aliphatic heterocycles. The van der Waals surface area contributed by atoms with Crippen molar-refractivity contribution in [2.45, 2.75) is 0 Å². The molecule has 0 aromatic heterocycles. The minimum absolute atomic E-state index is 1.08. The van der Waals surface area contributed by atoms with Crippen LogP contribution in [0.25, 0.3) is 88.3 Å². The predicted molar refractivity (Wildman–Crippen MR) is 269 cm³/mol. The zero-order valence-corrected chi connectivity index (χ0v) is 34.8. The summed E-state index contributed by atoms with van der Waals surface area (Å²) in [5.41, 5.74) is 17.5. The lowest BCUT2D eigenvalue weighted by molar-refractivity contribution is 1.28. The summed E-state index contributed by atoms with van der Waals surface area (Å²) in [5, 5.41) is 4.96. The van der Waals surface area contributed by atoms with Crippen LogP contribution in [0.4, 0.5) is 17.1 Å². The third kappa shape index (κ3) is 7.37. The number of rotatable bonds is 9. The van der Waals surface area contributed by atoms with Crippen LogP contribution in [0, 0.1) is 0 Å². The molecule has 0 atom stereocenters. The summed E-state index contributed by atoms with van der Waals surface area (Å²) in [5.74, 6) is 0. The van der Waals surface area contributed by atoms with E-state index in [1.165, 1.54) is 82.7 Å². The summed E-state index contributed by atoms with van der Waals surface area (Å²) in [7, 11) is 0. The molecule has 0 bridgehead atoms. The first-order valence-corrected chi connectivity index (χ1v) is 21.7. The van der Waals surface area contributed by atoms with Gasteiger partial charge in [-0.15, -0.1) is 0 Å². The molecule has 1 heteroatoms. The maximum Gasteiger partial charge on any atom is 0.0540 e. The molecule has 0 unspecified atom stereocenters. The SMILES string of the molecule is c1ccc(-c2ccc(-c3ccccc3)c(-c3ccccc3-c3ccccc3N(c3ccc(-c4cccc5ccccc45)cc3)c3cccc(-c4ccc5ccccc5c4)c3)c2)cc1. The van der Waals surface area contributed by atoms with Gasteiger partial charge in [0.15, 0.2) is 0 Å². The smallest absolute Gasteiger partial charge is 0.0540 e. The van der Waals surface area contributed by atoms with Crippen LogP contribution in [0.1, 0.15) is 0 Å². The van der Waals surface area contributed by atoms with Crippen LogP contribution in [0.2, 0.25) is 0 Å². The van der Waals surface area contributed by atoms with Crippen molar-refractivity contribution < 1.29 is 0 Å². The van der Waals surface area contributed by atoms with Gasteiger partial charge in [0.25, 0.3) is 0 Å². The number of benzene rings is 11. The number of para-hydroxylation sites is 1. The topological polar surface area (TPSA) is 3.24 Å². The van der Waals surface area contributed by atoms with Crippen LogP contribution >= 0.6 is 0 Å². The minimum atomic E-state index is 1.08. The fourth-order valence-electron chi connectivity index (χ4n) is 9.18. The molecule has 0 aliphatic rings. The van der Waals surface area contributed by atoms with Gasteiger partial charge in [-0.3, -0.25) is 0 Å². The molecule has 0 heterocycles. The summed E-state index contributed by atoms with van der Waals surface area (Å²) in [6.07, 6.45) is 0. The lowest BCUT2D eigenvalue weighted by atomic mass is 9.87. The molecule has 296 valence electrons. The zero-order valence-electron chi connectivity index (χ0n) is 34.8. The first-order valence-electron chi connectivity index (χ1n) is 21.7. The van der Waals surface area contributed by atoms with Gasteiger partial charge in [-0.2, -0.15) is 0 Å². The van der Waals surface area contributed by atoms with Crippen molar-refractivity contribution in [2.24, 2.45) is 0 Å². The van der Waals surface area contributed by atoms with E-state index in [2.05, 4.69) is 266 Å². The van der Waals surface area contributed by atoms with Gasteiger partial charge < -0.3 is 4.90 Å². The molecule has 0 saturated carbocycles. The Morgan fingerprint density at radius 2 is 0.714 bits per heavy atom. The lowest BCUT2D eigenvalue weighted by Gasteiger charge is -2.29. The summed E-state index contributed by atoms with van der Waals surface area (Å²) in [6.45, 7) is 0. The fourth-order valence-corrected chi connectivity index (χ4v) is 9.18. The van der Waals surface area contributed by atoms with Crippen molar-refractivity contribution in [1.29, 1.82) is 0 Å². The Bertz CT molecular complexity index is 3380. The summed E-state index contributed by atoms with van der Waals surface area (Å²) in [4.78, 5) is 2.43. The highest BCUT2D eigenvalue weighted by atomic mass is 15.1. The molecule has 0 N–H and O–H groups in total. The van der Waals surface area contributed by atoms with Gasteiger partial charge in [0.2, 0.25) is 0 Å². The van der Waals surface area contributed by atoms with E-state index < -0.39 is 0 Å². The van der Waals surface area contributed by atoms with Crippen molar-refractivity contribution in [2.75, 3.05) is 4.90 Å². The number of hydrogen-bond acceptors (Lipinski definition) is 1. The highest BCUT2D eigenvalue weighted by molar-refractivity contribution is 6.00. The normalized spacial score (nSPS) is 11.2. The molecule has 0 aliphatic carbocycles. The number of anilines is 3. The molecule has 0 fully saturated rings. The largest absolute Gasteiger partial charge is 0.310 e. The van der Waals surface area contributed by atoms with Gasteiger partial charge in [-0.25, -0.2) is 0 Å².